The monoisotopic (exact) mass is 462 g/mol. The van der Waals surface area contributed by atoms with Gasteiger partial charge >= 0.3 is 0 Å². The second-order valence-corrected chi connectivity index (χ2v) is 6.74. The highest BCUT2D eigenvalue weighted by Crippen LogP contribution is 1.96. The van der Waals surface area contributed by atoms with Crippen molar-refractivity contribution in [3.8, 4) is 0 Å². The van der Waals surface area contributed by atoms with Crippen molar-refractivity contribution in [1.29, 1.82) is 0 Å². The van der Waals surface area contributed by atoms with Crippen LogP contribution in [0.25, 0.3) is 0 Å². The highest BCUT2D eigenvalue weighted by Gasteiger charge is 2.10. The van der Waals surface area contributed by atoms with Crippen LogP contribution in [-0.4, -0.2) is 103 Å². The van der Waals surface area contributed by atoms with E-state index in [2.05, 4.69) is 20.9 Å². The van der Waals surface area contributed by atoms with Crippen molar-refractivity contribution >= 4 is 23.7 Å². The summed E-state index contributed by atoms with van der Waals surface area (Å²) in [5.74, 6) is -1.22. The van der Waals surface area contributed by atoms with Gasteiger partial charge in [0.25, 0.3) is 0 Å². The quantitative estimate of drug-likeness (QED) is 0.0738. The number of methoxy groups -OCH3 is 1. The molecule has 0 spiro atoms. The summed E-state index contributed by atoms with van der Waals surface area (Å²) < 4.78 is 20.5. The minimum atomic E-state index is -0.481. The minimum absolute atomic E-state index is 0.0349. The molecule has 13 nitrogen and oxygen atoms in total. The predicted octanol–water partition coefficient (Wildman–Crippen LogP) is -2.53. The Bertz CT molecular complexity index is 558. The fraction of sp³-hybridized carbons (Fsp3) is 0.789. The molecule has 13 heteroatoms. The topological polar surface area (TPSA) is 189 Å². The first-order valence-corrected chi connectivity index (χ1v) is 10.5. The van der Waals surface area contributed by atoms with E-state index in [1.807, 2.05) is 6.92 Å². The normalized spacial score (nSPS) is 11.4. The molecule has 0 radical (unpaired) electrons. The molecule has 0 aliphatic heterocycles. The molecule has 3 amide bonds. The molecule has 0 aliphatic rings. The number of guanidine groups is 1. The second-order valence-electron chi connectivity index (χ2n) is 6.74. The predicted molar refractivity (Wildman–Crippen MR) is 118 cm³/mol. The number of nitrogens with one attached hydrogen (secondary N) is 3. The third-order valence-corrected chi connectivity index (χ3v) is 3.80. The maximum absolute atomic E-state index is 11.8. The Morgan fingerprint density at radius 2 is 1.41 bits per heavy atom. The van der Waals surface area contributed by atoms with Crippen LogP contribution in [0.5, 0.6) is 0 Å². The van der Waals surface area contributed by atoms with Crippen LogP contribution in [0, 0.1) is 0 Å². The Hall–Kier alpha value is -2.48. The Morgan fingerprint density at radius 1 is 0.844 bits per heavy atom. The fourth-order valence-corrected chi connectivity index (χ4v) is 2.22. The number of nitrogens with zero attached hydrogens (tertiary/aromatic N) is 1. The number of hydrogen-bond donors (Lipinski definition) is 5. The van der Waals surface area contributed by atoms with Gasteiger partial charge in [0, 0.05) is 19.7 Å². The average Bonchev–Trinajstić information content (AvgIpc) is 2.75. The lowest BCUT2D eigenvalue weighted by Gasteiger charge is -2.14. The summed E-state index contributed by atoms with van der Waals surface area (Å²) in [6.07, 6.45) is 1.41. The van der Waals surface area contributed by atoms with Crippen LogP contribution in [-0.2, 0) is 33.3 Å². The minimum Gasteiger partial charge on any atom is -0.382 e. The summed E-state index contributed by atoms with van der Waals surface area (Å²) in [7, 11) is 1.60. The first kappa shape index (κ1) is 29.5. The molecular weight excluding hydrogens is 424 g/mol. The van der Waals surface area contributed by atoms with Crippen LogP contribution < -0.4 is 27.4 Å². The van der Waals surface area contributed by atoms with Gasteiger partial charge in [0.2, 0.25) is 17.7 Å². The van der Waals surface area contributed by atoms with Crippen molar-refractivity contribution in [1.82, 2.24) is 16.0 Å². The van der Waals surface area contributed by atoms with Gasteiger partial charge in [-0.2, -0.15) is 0 Å². The van der Waals surface area contributed by atoms with E-state index in [-0.39, 0.29) is 44.2 Å². The first-order valence-electron chi connectivity index (χ1n) is 10.5. The first-order chi connectivity index (χ1) is 15.3. The number of hydrogen-bond acceptors (Lipinski definition) is 8. The van der Waals surface area contributed by atoms with E-state index in [9.17, 15) is 14.4 Å². The third-order valence-electron chi connectivity index (χ3n) is 3.80. The van der Waals surface area contributed by atoms with Crippen LogP contribution >= 0.6 is 0 Å². The summed E-state index contributed by atoms with van der Waals surface area (Å²) in [6.45, 7) is 4.18. The molecule has 0 aromatic heterocycles. The molecule has 1 atom stereocenters. The van der Waals surface area contributed by atoms with Gasteiger partial charge in [-0.25, -0.2) is 0 Å². The van der Waals surface area contributed by atoms with E-state index in [0.717, 1.165) is 6.42 Å². The lowest BCUT2D eigenvalue weighted by molar-refractivity contribution is -0.130. The zero-order chi connectivity index (χ0) is 24.0. The SMILES string of the molecule is COCCOCCOCCOCC(=O)NCC(=O)NCC(=O)NC(C)CCCN=C(N)N. The van der Waals surface area contributed by atoms with E-state index in [4.69, 9.17) is 30.4 Å². The maximum atomic E-state index is 11.8. The van der Waals surface area contributed by atoms with E-state index in [1.54, 1.807) is 7.11 Å². The Morgan fingerprint density at radius 3 is 2.03 bits per heavy atom. The van der Waals surface area contributed by atoms with Crippen LogP contribution in [0.15, 0.2) is 4.99 Å². The van der Waals surface area contributed by atoms with Crippen molar-refractivity contribution in [3.63, 3.8) is 0 Å². The van der Waals surface area contributed by atoms with E-state index < -0.39 is 11.8 Å². The van der Waals surface area contributed by atoms with Crippen molar-refractivity contribution in [2.45, 2.75) is 25.8 Å². The molecule has 0 aliphatic carbocycles. The maximum Gasteiger partial charge on any atom is 0.246 e. The van der Waals surface area contributed by atoms with E-state index >= 15 is 0 Å². The Kier molecular flexibility index (Phi) is 18.8. The fourth-order valence-electron chi connectivity index (χ4n) is 2.22. The lowest BCUT2D eigenvalue weighted by atomic mass is 10.2. The molecule has 7 N–H and O–H groups in total. The molecule has 0 heterocycles. The summed E-state index contributed by atoms with van der Waals surface area (Å²) in [5, 5.41) is 7.59. The number of ether oxygens (including phenoxy) is 4. The standard InChI is InChI=1S/C19H38N6O7/c1-15(4-3-5-22-19(20)21)25-17(27)13-23-16(26)12-24-18(28)14-32-11-10-31-9-8-30-7-6-29-2/h15H,3-14H2,1-2H3,(H,23,26)(H,24,28)(H,25,27)(H4,20,21,22). The molecule has 1 unspecified atom stereocenters. The molecule has 0 fully saturated rings. The molecule has 0 saturated carbocycles. The second kappa shape index (κ2) is 20.4. The van der Waals surface area contributed by atoms with Gasteiger partial charge in [-0.15, -0.1) is 0 Å². The van der Waals surface area contributed by atoms with E-state index in [0.29, 0.717) is 46.0 Å². The van der Waals surface area contributed by atoms with Crippen molar-refractivity contribution in [2.24, 2.45) is 16.5 Å². The van der Waals surface area contributed by atoms with Crippen LogP contribution in [0.2, 0.25) is 0 Å². The number of aliphatic imine (C=N–C) groups is 1. The number of amides is 3. The highest BCUT2D eigenvalue weighted by atomic mass is 16.6. The summed E-state index contributed by atoms with van der Waals surface area (Å²) in [4.78, 5) is 39.1. The van der Waals surface area contributed by atoms with Crippen molar-refractivity contribution in [2.75, 3.05) is 73.0 Å². The number of rotatable bonds is 20. The van der Waals surface area contributed by atoms with Crippen molar-refractivity contribution in [3.05, 3.63) is 0 Å². The Labute approximate surface area is 188 Å². The summed E-state index contributed by atoms with van der Waals surface area (Å²) in [5.41, 5.74) is 10.5. The van der Waals surface area contributed by atoms with Gasteiger partial charge in [-0.3, -0.25) is 19.4 Å². The van der Waals surface area contributed by atoms with Crippen LogP contribution in [0.3, 0.4) is 0 Å². The number of carbonyl (C=O) groups is 3. The molecule has 32 heavy (non-hydrogen) atoms. The average molecular weight is 463 g/mol. The zero-order valence-corrected chi connectivity index (χ0v) is 19.0. The lowest BCUT2D eigenvalue weighted by Crippen LogP contribution is -2.44. The van der Waals surface area contributed by atoms with Gasteiger partial charge in [0.15, 0.2) is 5.96 Å². The van der Waals surface area contributed by atoms with Crippen LogP contribution in [0.1, 0.15) is 19.8 Å². The van der Waals surface area contributed by atoms with Gasteiger partial charge in [-0.05, 0) is 19.8 Å². The van der Waals surface area contributed by atoms with Gasteiger partial charge < -0.3 is 46.4 Å². The van der Waals surface area contributed by atoms with Gasteiger partial charge in [0.1, 0.15) is 6.61 Å². The molecule has 0 bridgehead atoms. The Balaban J connectivity index is 3.63. The summed E-state index contributed by atoms with van der Waals surface area (Å²) in [6, 6.07) is -0.0855. The van der Waals surface area contributed by atoms with Crippen LogP contribution in [0.4, 0.5) is 0 Å². The molecule has 0 aromatic carbocycles. The molecule has 0 rings (SSSR count). The zero-order valence-electron chi connectivity index (χ0n) is 19.0. The highest BCUT2D eigenvalue weighted by molar-refractivity contribution is 5.88. The smallest absolute Gasteiger partial charge is 0.246 e. The number of carbonyl (C=O) groups excluding carboxylic acids is 3. The van der Waals surface area contributed by atoms with Crippen molar-refractivity contribution < 1.29 is 33.3 Å². The molecule has 0 saturated heterocycles. The number of nitrogens with two attached hydrogens (primary N) is 2. The molecule has 186 valence electrons. The summed E-state index contributed by atoms with van der Waals surface area (Å²) >= 11 is 0. The third kappa shape index (κ3) is 20.8. The van der Waals surface area contributed by atoms with Gasteiger partial charge in [0.05, 0.1) is 52.7 Å². The molecular formula is C19H38N6O7. The van der Waals surface area contributed by atoms with E-state index in [1.165, 1.54) is 0 Å². The van der Waals surface area contributed by atoms with Gasteiger partial charge in [-0.1, -0.05) is 0 Å². The molecule has 0 aromatic rings. The largest absolute Gasteiger partial charge is 0.382 e.